The summed E-state index contributed by atoms with van der Waals surface area (Å²) in [6, 6.07) is 23.4. The Morgan fingerprint density at radius 1 is 0.941 bits per heavy atom. The first-order valence-electron chi connectivity index (χ1n) is 12.5. The number of rotatable bonds is 10. The van der Waals surface area contributed by atoms with Crippen molar-refractivity contribution in [1.29, 1.82) is 0 Å². The van der Waals surface area contributed by atoms with Crippen molar-refractivity contribution in [2.24, 2.45) is 5.92 Å². The Labute approximate surface area is 203 Å². The largest absolute Gasteiger partial charge is 0.353 e. The second-order valence-corrected chi connectivity index (χ2v) is 9.19. The monoisotopic (exact) mass is 453 g/mol. The van der Waals surface area contributed by atoms with E-state index in [9.17, 15) is 4.79 Å². The maximum Gasteiger partial charge on any atom is 0.243 e. The molecule has 2 aromatic carbocycles. The molecule has 1 amide bonds. The van der Waals surface area contributed by atoms with E-state index in [0.717, 1.165) is 31.0 Å². The second kappa shape index (κ2) is 12.9. The van der Waals surface area contributed by atoms with E-state index in [-0.39, 0.29) is 5.91 Å². The lowest BCUT2D eigenvalue weighted by molar-refractivity contribution is -0.116. The summed E-state index contributed by atoms with van der Waals surface area (Å²) in [5.74, 6) is 0.784. The quantitative estimate of drug-likeness (QED) is 0.304. The van der Waals surface area contributed by atoms with Gasteiger partial charge in [-0.05, 0) is 72.7 Å². The molecule has 0 saturated carbocycles. The third-order valence-corrected chi connectivity index (χ3v) is 6.62. The molecule has 2 heterocycles. The number of hydrogen-bond donors (Lipinski definition) is 1. The molecule has 4 nitrogen and oxygen atoms in total. The molecule has 34 heavy (non-hydrogen) atoms. The van der Waals surface area contributed by atoms with Gasteiger partial charge in [0.05, 0.1) is 0 Å². The predicted molar refractivity (Wildman–Crippen MR) is 140 cm³/mol. The SMILES string of the molecule is O=C(/C=C\c1cccnc1)NCCCCC1CCN(Cc2ccc(-c3ccccc3)cc2)CC1. The minimum Gasteiger partial charge on any atom is -0.353 e. The van der Waals surface area contributed by atoms with Crippen LogP contribution in [-0.2, 0) is 11.3 Å². The molecule has 0 spiro atoms. The number of unbranched alkanes of at least 4 members (excludes halogenated alkanes) is 1. The Morgan fingerprint density at radius 3 is 2.44 bits per heavy atom. The molecule has 4 heteroatoms. The molecule has 1 N–H and O–H groups in total. The van der Waals surface area contributed by atoms with Crippen molar-refractivity contribution >= 4 is 12.0 Å². The van der Waals surface area contributed by atoms with Gasteiger partial charge in [0.25, 0.3) is 0 Å². The van der Waals surface area contributed by atoms with Gasteiger partial charge < -0.3 is 5.32 Å². The minimum absolute atomic E-state index is 0.0334. The van der Waals surface area contributed by atoms with Crippen molar-refractivity contribution in [3.63, 3.8) is 0 Å². The van der Waals surface area contributed by atoms with E-state index in [2.05, 4.69) is 69.8 Å². The Hall–Kier alpha value is -3.24. The van der Waals surface area contributed by atoms with E-state index in [1.807, 2.05) is 12.1 Å². The topological polar surface area (TPSA) is 45.2 Å². The van der Waals surface area contributed by atoms with Gasteiger partial charge in [-0.1, -0.05) is 73.5 Å². The molecule has 0 atom stereocenters. The Balaban J connectivity index is 1.08. The number of aromatic nitrogens is 1. The maximum absolute atomic E-state index is 11.9. The van der Waals surface area contributed by atoms with Crippen LogP contribution in [0, 0.1) is 5.92 Å². The molecular weight excluding hydrogens is 418 g/mol. The fourth-order valence-corrected chi connectivity index (χ4v) is 4.60. The predicted octanol–water partition coefficient (Wildman–Crippen LogP) is 5.96. The molecule has 1 aromatic heterocycles. The zero-order chi connectivity index (χ0) is 23.4. The molecule has 4 rings (SSSR count). The molecule has 0 unspecified atom stereocenters. The van der Waals surface area contributed by atoms with Gasteiger partial charge in [0.2, 0.25) is 5.91 Å². The summed E-state index contributed by atoms with van der Waals surface area (Å²) in [6.45, 7) is 4.15. The van der Waals surface area contributed by atoms with Crippen LogP contribution in [0.3, 0.4) is 0 Å². The van der Waals surface area contributed by atoms with Crippen molar-refractivity contribution < 1.29 is 4.79 Å². The summed E-state index contributed by atoms with van der Waals surface area (Å²) >= 11 is 0. The van der Waals surface area contributed by atoms with Crippen LogP contribution in [0.15, 0.2) is 85.2 Å². The Bertz CT molecular complexity index is 1020. The summed E-state index contributed by atoms with van der Waals surface area (Å²) < 4.78 is 0. The highest BCUT2D eigenvalue weighted by atomic mass is 16.1. The number of amides is 1. The maximum atomic E-state index is 11.9. The smallest absolute Gasteiger partial charge is 0.243 e. The highest BCUT2D eigenvalue weighted by molar-refractivity contribution is 5.91. The molecule has 176 valence electrons. The van der Waals surface area contributed by atoms with E-state index in [1.54, 1.807) is 24.5 Å². The van der Waals surface area contributed by atoms with E-state index < -0.39 is 0 Å². The van der Waals surface area contributed by atoms with Crippen LogP contribution in [0.2, 0.25) is 0 Å². The lowest BCUT2D eigenvalue weighted by atomic mass is 9.91. The first-order valence-corrected chi connectivity index (χ1v) is 12.5. The fourth-order valence-electron chi connectivity index (χ4n) is 4.60. The highest BCUT2D eigenvalue weighted by Gasteiger charge is 2.18. The number of nitrogens with zero attached hydrogens (tertiary/aromatic N) is 2. The zero-order valence-corrected chi connectivity index (χ0v) is 19.9. The number of carbonyl (C=O) groups excluding carboxylic acids is 1. The van der Waals surface area contributed by atoms with Crippen molar-refractivity contribution in [2.75, 3.05) is 19.6 Å². The Morgan fingerprint density at radius 2 is 1.71 bits per heavy atom. The van der Waals surface area contributed by atoms with Crippen LogP contribution in [0.1, 0.15) is 43.2 Å². The lowest BCUT2D eigenvalue weighted by Gasteiger charge is -2.32. The van der Waals surface area contributed by atoms with Crippen molar-refractivity contribution in [3.05, 3.63) is 96.3 Å². The fraction of sp³-hybridized carbons (Fsp3) is 0.333. The summed E-state index contributed by atoms with van der Waals surface area (Å²) in [5, 5.41) is 2.98. The van der Waals surface area contributed by atoms with Crippen LogP contribution in [0.4, 0.5) is 0 Å². The molecule has 1 aliphatic rings. The second-order valence-electron chi connectivity index (χ2n) is 9.19. The number of hydrogen-bond acceptors (Lipinski definition) is 3. The van der Waals surface area contributed by atoms with E-state index in [4.69, 9.17) is 0 Å². The molecule has 1 aliphatic heterocycles. The number of benzene rings is 2. The average Bonchev–Trinajstić information content (AvgIpc) is 2.90. The summed E-state index contributed by atoms with van der Waals surface area (Å²) in [6.07, 6.45) is 12.9. The number of likely N-dealkylation sites (tertiary alicyclic amines) is 1. The van der Waals surface area contributed by atoms with E-state index in [1.165, 1.54) is 55.5 Å². The molecule has 1 saturated heterocycles. The summed E-state index contributed by atoms with van der Waals surface area (Å²) in [5.41, 5.74) is 4.89. The first kappa shape index (κ1) is 23.9. The van der Waals surface area contributed by atoms with Crippen molar-refractivity contribution in [1.82, 2.24) is 15.2 Å². The average molecular weight is 454 g/mol. The van der Waals surface area contributed by atoms with Gasteiger partial charge in [-0.25, -0.2) is 0 Å². The molecule has 0 radical (unpaired) electrons. The summed E-state index contributed by atoms with van der Waals surface area (Å²) in [7, 11) is 0. The third-order valence-electron chi connectivity index (χ3n) is 6.62. The van der Waals surface area contributed by atoms with Crippen molar-refractivity contribution in [3.8, 4) is 11.1 Å². The molecule has 0 bridgehead atoms. The van der Waals surface area contributed by atoms with Crippen LogP contribution < -0.4 is 5.32 Å². The summed E-state index contributed by atoms with van der Waals surface area (Å²) in [4.78, 5) is 18.6. The van der Waals surface area contributed by atoms with Gasteiger partial charge in [-0.3, -0.25) is 14.7 Å². The van der Waals surface area contributed by atoms with E-state index in [0.29, 0.717) is 0 Å². The number of nitrogens with one attached hydrogen (secondary N) is 1. The van der Waals surface area contributed by atoms with Crippen LogP contribution >= 0.6 is 0 Å². The van der Waals surface area contributed by atoms with E-state index >= 15 is 0 Å². The molecule has 3 aromatic rings. The van der Waals surface area contributed by atoms with Crippen LogP contribution in [0.25, 0.3) is 17.2 Å². The van der Waals surface area contributed by atoms with Gasteiger partial charge in [0.15, 0.2) is 0 Å². The highest BCUT2D eigenvalue weighted by Crippen LogP contribution is 2.24. The molecular formula is C30H35N3O. The van der Waals surface area contributed by atoms with Crippen molar-refractivity contribution in [2.45, 2.75) is 38.6 Å². The number of pyridine rings is 1. The minimum atomic E-state index is -0.0334. The van der Waals surface area contributed by atoms with Gasteiger partial charge in [-0.15, -0.1) is 0 Å². The van der Waals surface area contributed by atoms with Gasteiger partial charge >= 0.3 is 0 Å². The first-order chi connectivity index (χ1) is 16.8. The standard InChI is InChI=1S/C30H35N3O/c34-30(16-13-26-8-6-19-31-23-26)32-20-5-4-7-25-17-21-33(22-18-25)24-27-11-14-29(15-12-27)28-9-2-1-3-10-28/h1-3,6,8-16,19,23,25H,4-5,7,17-18,20-22,24H2,(H,32,34)/b16-13-. The number of piperidine rings is 1. The normalized spacial score (nSPS) is 14.9. The zero-order valence-electron chi connectivity index (χ0n) is 19.9. The Kier molecular flexibility index (Phi) is 9.04. The molecule has 1 fully saturated rings. The number of carbonyl (C=O) groups is 1. The van der Waals surface area contributed by atoms with Gasteiger partial charge in [0.1, 0.15) is 0 Å². The van der Waals surface area contributed by atoms with Gasteiger partial charge in [0, 0.05) is 31.6 Å². The van der Waals surface area contributed by atoms with Gasteiger partial charge in [-0.2, -0.15) is 0 Å². The van der Waals surface area contributed by atoms with Crippen LogP contribution in [-0.4, -0.2) is 35.4 Å². The third kappa shape index (κ3) is 7.67. The molecule has 0 aliphatic carbocycles. The lowest BCUT2D eigenvalue weighted by Crippen LogP contribution is -2.33. The van der Waals surface area contributed by atoms with Crippen LogP contribution in [0.5, 0.6) is 0 Å².